The number of anilines is 1. The van der Waals surface area contributed by atoms with Crippen molar-refractivity contribution in [2.45, 2.75) is 6.54 Å². The lowest BCUT2D eigenvalue weighted by Gasteiger charge is -2.22. The van der Waals surface area contributed by atoms with Gasteiger partial charge in [0.25, 0.3) is 0 Å². The molecule has 4 nitrogen and oxygen atoms in total. The van der Waals surface area contributed by atoms with Crippen LogP contribution in [0.15, 0.2) is 48.8 Å². The minimum atomic E-state index is -0.937. The highest BCUT2D eigenvalue weighted by Gasteiger charge is 2.11. The summed E-state index contributed by atoms with van der Waals surface area (Å²) in [6, 6.07) is 10.5. The number of halogens is 1. The van der Waals surface area contributed by atoms with Gasteiger partial charge in [-0.2, -0.15) is 0 Å². The molecule has 1 aromatic carbocycles. The summed E-state index contributed by atoms with van der Waals surface area (Å²) in [5.41, 5.74) is 1.40. The molecule has 0 saturated carbocycles. The van der Waals surface area contributed by atoms with E-state index in [-0.39, 0.29) is 6.54 Å². The summed E-state index contributed by atoms with van der Waals surface area (Å²) >= 11 is 0. The van der Waals surface area contributed by atoms with Crippen LogP contribution in [0.5, 0.6) is 0 Å². The minimum absolute atomic E-state index is 0.152. The Labute approximate surface area is 110 Å². The highest BCUT2D eigenvalue weighted by atomic mass is 19.1. The molecular weight excluding hydrogens is 247 g/mol. The second kappa shape index (κ2) is 5.95. The minimum Gasteiger partial charge on any atom is -0.480 e. The molecule has 1 aromatic heterocycles. The zero-order valence-electron chi connectivity index (χ0n) is 10.2. The van der Waals surface area contributed by atoms with Crippen LogP contribution in [0, 0.1) is 5.82 Å². The van der Waals surface area contributed by atoms with Gasteiger partial charge in [0.2, 0.25) is 0 Å². The topological polar surface area (TPSA) is 53.4 Å². The van der Waals surface area contributed by atoms with Crippen LogP contribution < -0.4 is 4.90 Å². The van der Waals surface area contributed by atoms with Crippen LogP contribution in [0.2, 0.25) is 0 Å². The van der Waals surface area contributed by atoms with E-state index in [4.69, 9.17) is 5.11 Å². The van der Waals surface area contributed by atoms with Crippen molar-refractivity contribution in [3.8, 4) is 0 Å². The molecule has 1 N–H and O–H groups in total. The fraction of sp³-hybridized carbons (Fsp3) is 0.143. The van der Waals surface area contributed by atoms with Crippen molar-refractivity contribution in [3.63, 3.8) is 0 Å². The fourth-order valence-electron chi connectivity index (χ4n) is 1.80. The SMILES string of the molecule is O=C(O)CN(Cc1cncc(F)c1)c1ccccc1. The number of carboxylic acids is 1. The van der Waals surface area contributed by atoms with E-state index in [1.807, 2.05) is 30.3 Å². The molecule has 0 aliphatic heterocycles. The van der Waals surface area contributed by atoms with E-state index in [2.05, 4.69) is 4.98 Å². The Kier molecular flexibility index (Phi) is 4.07. The number of para-hydroxylation sites is 1. The molecule has 0 unspecified atom stereocenters. The number of carboxylic acid groups (broad SMARTS) is 1. The summed E-state index contributed by atoms with van der Waals surface area (Å²) in [6.07, 6.45) is 2.65. The van der Waals surface area contributed by atoms with Gasteiger partial charge in [-0.3, -0.25) is 9.78 Å². The Morgan fingerprint density at radius 2 is 2.00 bits per heavy atom. The predicted octanol–water partition coefficient (Wildman–Crippen LogP) is 2.31. The van der Waals surface area contributed by atoms with E-state index in [0.717, 1.165) is 11.9 Å². The quantitative estimate of drug-likeness (QED) is 0.896. The van der Waals surface area contributed by atoms with Gasteiger partial charge in [0.1, 0.15) is 12.4 Å². The van der Waals surface area contributed by atoms with Crippen LogP contribution >= 0.6 is 0 Å². The first kappa shape index (κ1) is 13.0. The van der Waals surface area contributed by atoms with Crippen molar-refractivity contribution in [3.05, 3.63) is 60.2 Å². The predicted molar refractivity (Wildman–Crippen MR) is 69.3 cm³/mol. The van der Waals surface area contributed by atoms with Gasteiger partial charge in [-0.05, 0) is 23.8 Å². The molecule has 0 radical (unpaired) electrons. The van der Waals surface area contributed by atoms with Crippen LogP contribution in [0.25, 0.3) is 0 Å². The number of hydrogen-bond acceptors (Lipinski definition) is 3. The molecule has 98 valence electrons. The van der Waals surface area contributed by atoms with Gasteiger partial charge in [-0.1, -0.05) is 18.2 Å². The Morgan fingerprint density at radius 1 is 1.26 bits per heavy atom. The fourth-order valence-corrected chi connectivity index (χ4v) is 1.80. The summed E-state index contributed by atoms with van der Waals surface area (Å²) < 4.78 is 13.1. The molecule has 5 heteroatoms. The molecule has 19 heavy (non-hydrogen) atoms. The van der Waals surface area contributed by atoms with Crippen LogP contribution in [-0.4, -0.2) is 22.6 Å². The number of aromatic nitrogens is 1. The largest absolute Gasteiger partial charge is 0.480 e. The van der Waals surface area contributed by atoms with Crippen LogP contribution in [0.1, 0.15) is 5.56 Å². The van der Waals surface area contributed by atoms with Gasteiger partial charge in [0.15, 0.2) is 0 Å². The van der Waals surface area contributed by atoms with E-state index in [9.17, 15) is 9.18 Å². The van der Waals surface area contributed by atoms with Crippen LogP contribution in [0.4, 0.5) is 10.1 Å². The van der Waals surface area contributed by atoms with E-state index in [1.54, 1.807) is 4.90 Å². The summed E-state index contributed by atoms with van der Waals surface area (Å²) in [5.74, 6) is -1.37. The van der Waals surface area contributed by atoms with Gasteiger partial charge in [0.05, 0.1) is 6.20 Å². The summed E-state index contributed by atoms with van der Waals surface area (Å²) in [7, 11) is 0. The molecule has 1 heterocycles. The summed E-state index contributed by atoms with van der Waals surface area (Å²) in [6.45, 7) is 0.140. The number of pyridine rings is 1. The van der Waals surface area contributed by atoms with Crippen molar-refractivity contribution in [1.29, 1.82) is 0 Å². The Hall–Kier alpha value is -2.43. The second-order valence-electron chi connectivity index (χ2n) is 4.10. The molecule has 0 fully saturated rings. The molecule has 0 spiro atoms. The second-order valence-corrected chi connectivity index (χ2v) is 4.10. The first-order valence-corrected chi connectivity index (χ1v) is 5.76. The molecule has 2 rings (SSSR count). The number of hydrogen-bond donors (Lipinski definition) is 1. The van der Waals surface area contributed by atoms with Crippen molar-refractivity contribution >= 4 is 11.7 Å². The molecule has 2 aromatic rings. The molecule has 0 amide bonds. The zero-order chi connectivity index (χ0) is 13.7. The van der Waals surface area contributed by atoms with Gasteiger partial charge in [-0.25, -0.2) is 4.39 Å². The van der Waals surface area contributed by atoms with Crippen molar-refractivity contribution in [1.82, 2.24) is 4.98 Å². The van der Waals surface area contributed by atoms with E-state index in [1.165, 1.54) is 12.3 Å². The summed E-state index contributed by atoms with van der Waals surface area (Å²) in [5, 5.41) is 8.95. The number of aliphatic carboxylic acids is 1. The highest BCUT2D eigenvalue weighted by Crippen LogP contribution is 2.16. The van der Waals surface area contributed by atoms with E-state index in [0.29, 0.717) is 12.1 Å². The molecule has 0 saturated heterocycles. The maximum atomic E-state index is 13.1. The van der Waals surface area contributed by atoms with Gasteiger partial charge >= 0.3 is 5.97 Å². The van der Waals surface area contributed by atoms with Crippen molar-refractivity contribution in [2.24, 2.45) is 0 Å². The van der Waals surface area contributed by atoms with Crippen LogP contribution in [0.3, 0.4) is 0 Å². The van der Waals surface area contributed by atoms with Gasteiger partial charge in [-0.15, -0.1) is 0 Å². The monoisotopic (exact) mass is 260 g/mol. The lowest BCUT2D eigenvalue weighted by atomic mass is 10.2. The Balaban J connectivity index is 2.21. The van der Waals surface area contributed by atoms with Gasteiger partial charge < -0.3 is 10.0 Å². The highest BCUT2D eigenvalue weighted by molar-refractivity contribution is 5.73. The third-order valence-corrected chi connectivity index (χ3v) is 2.58. The maximum absolute atomic E-state index is 13.1. The Morgan fingerprint density at radius 3 is 2.63 bits per heavy atom. The van der Waals surface area contributed by atoms with Gasteiger partial charge in [0, 0.05) is 18.4 Å². The van der Waals surface area contributed by atoms with E-state index >= 15 is 0 Å². The van der Waals surface area contributed by atoms with Crippen molar-refractivity contribution < 1.29 is 14.3 Å². The lowest BCUT2D eigenvalue weighted by molar-refractivity contribution is -0.135. The normalized spacial score (nSPS) is 10.2. The molecule has 0 aliphatic carbocycles. The number of carbonyl (C=O) groups is 1. The number of nitrogens with zero attached hydrogens (tertiary/aromatic N) is 2. The molecule has 0 atom stereocenters. The molecule has 0 bridgehead atoms. The average molecular weight is 260 g/mol. The Bertz CT molecular complexity index is 560. The third-order valence-electron chi connectivity index (χ3n) is 2.58. The molecular formula is C14H13FN2O2. The summed E-state index contributed by atoms with van der Waals surface area (Å²) in [4.78, 5) is 16.3. The maximum Gasteiger partial charge on any atom is 0.323 e. The van der Waals surface area contributed by atoms with Crippen LogP contribution in [-0.2, 0) is 11.3 Å². The number of rotatable bonds is 5. The van der Waals surface area contributed by atoms with E-state index < -0.39 is 11.8 Å². The average Bonchev–Trinajstić information content (AvgIpc) is 2.38. The zero-order valence-corrected chi connectivity index (χ0v) is 10.2. The third kappa shape index (κ3) is 3.77. The number of benzene rings is 1. The first-order chi connectivity index (χ1) is 9.15. The smallest absolute Gasteiger partial charge is 0.323 e. The lowest BCUT2D eigenvalue weighted by Crippen LogP contribution is -2.29. The first-order valence-electron chi connectivity index (χ1n) is 5.76. The molecule has 0 aliphatic rings. The van der Waals surface area contributed by atoms with Crippen molar-refractivity contribution in [2.75, 3.05) is 11.4 Å². The standard InChI is InChI=1S/C14H13FN2O2/c15-12-6-11(7-16-8-12)9-17(10-14(18)19)13-4-2-1-3-5-13/h1-8H,9-10H2,(H,18,19).